The van der Waals surface area contributed by atoms with Gasteiger partial charge in [0, 0.05) is 10.0 Å². The second-order valence-corrected chi connectivity index (χ2v) is 3.07. The Hall–Kier alpha value is -0.830. The van der Waals surface area contributed by atoms with Crippen LogP contribution in [0.15, 0.2) is 22.7 Å². The molecule has 0 saturated heterocycles. The first-order chi connectivity index (χ1) is 5.11. The number of hydrogen-bond acceptors (Lipinski definition) is 2. The zero-order chi connectivity index (χ0) is 8.43. The quantitative estimate of drug-likeness (QED) is 0.730. The van der Waals surface area contributed by atoms with Crippen molar-refractivity contribution in [2.45, 2.75) is 6.92 Å². The van der Waals surface area contributed by atoms with Crippen molar-refractivity contribution < 1.29 is 9.90 Å². The number of halogens is 1. The summed E-state index contributed by atoms with van der Waals surface area (Å²) >= 11 is 3.20. The smallest absolute Gasteiger partial charge is 0.161 e. The van der Waals surface area contributed by atoms with Gasteiger partial charge in [-0.25, -0.2) is 0 Å². The minimum absolute atomic E-state index is 0.0622. The molecule has 0 heterocycles. The molecule has 2 nitrogen and oxygen atoms in total. The molecule has 0 aliphatic rings. The van der Waals surface area contributed by atoms with Gasteiger partial charge in [0.25, 0.3) is 0 Å². The Kier molecular flexibility index (Phi) is 2.29. The molecule has 0 fully saturated rings. The van der Waals surface area contributed by atoms with Crippen LogP contribution in [-0.4, -0.2) is 10.9 Å². The summed E-state index contributed by atoms with van der Waals surface area (Å²) in [5.41, 5.74) is 0.505. The molecule has 0 unspecified atom stereocenters. The van der Waals surface area contributed by atoms with Crippen LogP contribution in [0, 0.1) is 0 Å². The number of ketones is 1. The highest BCUT2D eigenvalue weighted by molar-refractivity contribution is 9.10. The van der Waals surface area contributed by atoms with Gasteiger partial charge in [-0.1, -0.05) is 15.9 Å². The van der Waals surface area contributed by atoms with Gasteiger partial charge in [0.05, 0.1) is 0 Å². The third-order valence-corrected chi connectivity index (χ3v) is 2.02. The van der Waals surface area contributed by atoms with Crippen LogP contribution in [-0.2, 0) is 0 Å². The minimum atomic E-state index is -0.0622. The van der Waals surface area contributed by atoms with E-state index < -0.39 is 0 Å². The van der Waals surface area contributed by atoms with Crippen LogP contribution in [0.5, 0.6) is 5.75 Å². The van der Waals surface area contributed by atoms with Gasteiger partial charge in [-0.15, -0.1) is 0 Å². The maximum atomic E-state index is 10.9. The van der Waals surface area contributed by atoms with E-state index in [9.17, 15) is 4.79 Å². The number of carbonyl (C=O) groups excluding carboxylic acids is 1. The molecule has 0 spiro atoms. The van der Waals surface area contributed by atoms with Crippen LogP contribution in [0.4, 0.5) is 0 Å². The number of carbonyl (C=O) groups is 1. The van der Waals surface area contributed by atoms with Crippen molar-refractivity contribution in [1.29, 1.82) is 0 Å². The molecule has 0 atom stereocenters. The fourth-order valence-electron chi connectivity index (χ4n) is 0.783. The van der Waals surface area contributed by atoms with E-state index >= 15 is 0 Å². The van der Waals surface area contributed by atoms with Gasteiger partial charge in [-0.05, 0) is 25.1 Å². The van der Waals surface area contributed by atoms with Gasteiger partial charge in [0.1, 0.15) is 5.75 Å². The van der Waals surface area contributed by atoms with Gasteiger partial charge in [0.2, 0.25) is 0 Å². The largest absolute Gasteiger partial charge is 0.508 e. The number of hydrogen-bond donors (Lipinski definition) is 1. The maximum absolute atomic E-state index is 10.9. The molecule has 0 aromatic heterocycles. The molecule has 58 valence electrons. The number of benzene rings is 1. The summed E-state index contributed by atoms with van der Waals surface area (Å²) in [5.74, 6) is 0.0474. The highest BCUT2D eigenvalue weighted by atomic mass is 79.9. The molecule has 11 heavy (non-hydrogen) atoms. The molecule has 0 radical (unpaired) electrons. The van der Waals surface area contributed by atoms with Crippen LogP contribution in [0.1, 0.15) is 17.3 Å². The first-order valence-electron chi connectivity index (χ1n) is 3.10. The Morgan fingerprint density at radius 2 is 2.18 bits per heavy atom. The lowest BCUT2D eigenvalue weighted by Gasteiger charge is -1.99. The molecular weight excluding hydrogens is 208 g/mol. The predicted molar refractivity (Wildman–Crippen MR) is 45.8 cm³/mol. The molecule has 0 amide bonds. The van der Waals surface area contributed by atoms with Crippen LogP contribution in [0.2, 0.25) is 0 Å². The highest BCUT2D eigenvalue weighted by Gasteiger charge is 2.04. The van der Waals surface area contributed by atoms with Crippen molar-refractivity contribution in [3.63, 3.8) is 0 Å². The molecule has 0 aliphatic carbocycles. The Morgan fingerprint density at radius 1 is 1.55 bits per heavy atom. The number of aromatic hydroxyl groups is 1. The van der Waals surface area contributed by atoms with Gasteiger partial charge < -0.3 is 5.11 Å². The van der Waals surface area contributed by atoms with Crippen molar-refractivity contribution in [3.05, 3.63) is 28.2 Å². The standard InChI is InChI=1S/C8H7BrO2/c1-5(10)7-4-6(11)2-3-8(7)9/h2-4,11H,1H3. The van der Waals surface area contributed by atoms with Crippen molar-refractivity contribution in [1.82, 2.24) is 0 Å². The van der Waals surface area contributed by atoms with Crippen LogP contribution in [0.25, 0.3) is 0 Å². The van der Waals surface area contributed by atoms with Crippen molar-refractivity contribution in [2.24, 2.45) is 0 Å². The molecule has 0 bridgehead atoms. The summed E-state index contributed by atoms with van der Waals surface area (Å²) in [7, 11) is 0. The fourth-order valence-corrected chi connectivity index (χ4v) is 1.31. The molecule has 1 aromatic rings. The minimum Gasteiger partial charge on any atom is -0.508 e. The Morgan fingerprint density at radius 3 is 2.64 bits per heavy atom. The van der Waals surface area contributed by atoms with E-state index in [1.807, 2.05) is 0 Å². The lowest BCUT2D eigenvalue weighted by molar-refractivity contribution is 0.101. The molecule has 1 aromatic carbocycles. The highest BCUT2D eigenvalue weighted by Crippen LogP contribution is 2.21. The summed E-state index contributed by atoms with van der Waals surface area (Å²) in [6.07, 6.45) is 0. The summed E-state index contributed by atoms with van der Waals surface area (Å²) in [6.45, 7) is 1.46. The Bertz CT molecular complexity index is 294. The average Bonchev–Trinajstić information content (AvgIpc) is 1.94. The summed E-state index contributed by atoms with van der Waals surface area (Å²) in [5, 5.41) is 9.01. The Labute approximate surface area is 73.0 Å². The second kappa shape index (κ2) is 3.05. The third kappa shape index (κ3) is 1.80. The van der Waals surface area contributed by atoms with Gasteiger partial charge in [-0.3, -0.25) is 4.79 Å². The van der Waals surface area contributed by atoms with Crippen LogP contribution in [0.3, 0.4) is 0 Å². The summed E-state index contributed by atoms with van der Waals surface area (Å²) < 4.78 is 0.711. The fraction of sp³-hybridized carbons (Fsp3) is 0.125. The predicted octanol–water partition coefficient (Wildman–Crippen LogP) is 2.36. The zero-order valence-electron chi connectivity index (χ0n) is 5.97. The Balaban J connectivity index is 3.23. The number of Topliss-reactive ketones (excluding diaryl/α,β-unsaturated/α-hetero) is 1. The number of rotatable bonds is 1. The van der Waals surface area contributed by atoms with Crippen LogP contribution >= 0.6 is 15.9 Å². The molecular formula is C8H7BrO2. The van der Waals surface area contributed by atoms with E-state index in [0.717, 1.165) is 0 Å². The normalized spacial score (nSPS) is 9.64. The third-order valence-electron chi connectivity index (χ3n) is 1.33. The monoisotopic (exact) mass is 214 g/mol. The molecule has 0 saturated carbocycles. The van der Waals surface area contributed by atoms with Crippen molar-refractivity contribution >= 4 is 21.7 Å². The summed E-state index contributed by atoms with van der Waals surface area (Å²) in [4.78, 5) is 10.9. The molecule has 3 heteroatoms. The van der Waals surface area contributed by atoms with E-state index in [1.165, 1.54) is 19.1 Å². The summed E-state index contributed by atoms with van der Waals surface area (Å²) in [6, 6.07) is 4.61. The van der Waals surface area contributed by atoms with E-state index in [2.05, 4.69) is 15.9 Å². The van der Waals surface area contributed by atoms with Gasteiger partial charge in [-0.2, -0.15) is 0 Å². The van der Waals surface area contributed by atoms with Crippen molar-refractivity contribution in [2.75, 3.05) is 0 Å². The maximum Gasteiger partial charge on any atom is 0.161 e. The molecule has 1 N–H and O–H groups in total. The molecule has 1 rings (SSSR count). The van der Waals surface area contributed by atoms with Gasteiger partial charge in [0.15, 0.2) is 5.78 Å². The average molecular weight is 215 g/mol. The molecule has 0 aliphatic heterocycles. The van der Waals surface area contributed by atoms with Crippen LogP contribution < -0.4 is 0 Å². The lowest BCUT2D eigenvalue weighted by Crippen LogP contribution is -1.92. The lowest BCUT2D eigenvalue weighted by atomic mass is 10.1. The SMILES string of the molecule is CC(=O)c1cc(O)ccc1Br. The van der Waals surface area contributed by atoms with E-state index in [0.29, 0.717) is 10.0 Å². The first kappa shape index (κ1) is 8.27. The van der Waals surface area contributed by atoms with Crippen molar-refractivity contribution in [3.8, 4) is 5.75 Å². The van der Waals surface area contributed by atoms with E-state index in [-0.39, 0.29) is 11.5 Å². The van der Waals surface area contributed by atoms with Gasteiger partial charge >= 0.3 is 0 Å². The first-order valence-corrected chi connectivity index (χ1v) is 3.90. The van der Waals surface area contributed by atoms with E-state index in [1.54, 1.807) is 6.07 Å². The zero-order valence-corrected chi connectivity index (χ0v) is 7.55. The second-order valence-electron chi connectivity index (χ2n) is 2.22. The number of phenolic OH excluding ortho intramolecular Hbond substituents is 1. The number of phenols is 1. The van der Waals surface area contributed by atoms with E-state index in [4.69, 9.17) is 5.11 Å². The topological polar surface area (TPSA) is 37.3 Å².